The van der Waals surface area contributed by atoms with Gasteiger partial charge in [0.25, 0.3) is 20.2 Å². The van der Waals surface area contributed by atoms with Crippen molar-refractivity contribution >= 4 is 31.0 Å². The number of phenols is 1. The third kappa shape index (κ3) is 2.40. The first-order chi connectivity index (χ1) is 8.62. The molecule has 0 heterocycles. The summed E-state index contributed by atoms with van der Waals surface area (Å²) in [6.07, 6.45) is 0. The van der Waals surface area contributed by atoms with E-state index in [1.165, 1.54) is 18.2 Å². The standard InChI is InChI=1S/C10H8O7S2/c11-7-5-4-6-2-1-3-8(18(12,13)14)9(6)10(7)19(15,16)17/h1-5,11H,(H,12,13,14)(H,15,16,17). The van der Waals surface area contributed by atoms with Crippen molar-refractivity contribution in [1.82, 2.24) is 0 Å². The average molecular weight is 304 g/mol. The highest BCUT2D eigenvalue weighted by Crippen LogP contribution is 2.35. The van der Waals surface area contributed by atoms with Crippen LogP contribution >= 0.6 is 0 Å². The maximum absolute atomic E-state index is 11.3. The van der Waals surface area contributed by atoms with Gasteiger partial charge in [-0.15, -0.1) is 0 Å². The SMILES string of the molecule is O=S(=O)(O)c1cccc2ccc(O)c(S(=O)(=O)O)c12. The van der Waals surface area contributed by atoms with Crippen molar-refractivity contribution in [2.75, 3.05) is 0 Å². The van der Waals surface area contributed by atoms with Gasteiger partial charge in [0.2, 0.25) is 0 Å². The van der Waals surface area contributed by atoms with Crippen LogP contribution in [0.3, 0.4) is 0 Å². The summed E-state index contributed by atoms with van der Waals surface area (Å²) in [5.74, 6) is -0.814. The lowest BCUT2D eigenvalue weighted by molar-refractivity contribution is 0.445. The average Bonchev–Trinajstić information content (AvgIpc) is 2.24. The highest BCUT2D eigenvalue weighted by atomic mass is 32.2. The number of hydrogen-bond acceptors (Lipinski definition) is 5. The molecule has 19 heavy (non-hydrogen) atoms. The van der Waals surface area contributed by atoms with E-state index in [2.05, 4.69) is 0 Å². The lowest BCUT2D eigenvalue weighted by atomic mass is 10.1. The van der Waals surface area contributed by atoms with Gasteiger partial charge in [-0.3, -0.25) is 9.11 Å². The second-order valence-electron chi connectivity index (χ2n) is 3.72. The van der Waals surface area contributed by atoms with E-state index in [0.29, 0.717) is 0 Å². The Labute approximate surface area is 108 Å². The fourth-order valence-corrected chi connectivity index (χ4v) is 3.39. The van der Waals surface area contributed by atoms with Gasteiger partial charge in [-0.25, -0.2) is 0 Å². The monoisotopic (exact) mass is 304 g/mol. The maximum Gasteiger partial charge on any atom is 0.298 e. The van der Waals surface area contributed by atoms with E-state index in [-0.39, 0.29) is 5.39 Å². The van der Waals surface area contributed by atoms with Crippen LogP contribution in [0.5, 0.6) is 5.75 Å². The number of aromatic hydroxyl groups is 1. The number of rotatable bonds is 2. The van der Waals surface area contributed by atoms with Gasteiger partial charge in [-0.2, -0.15) is 16.8 Å². The van der Waals surface area contributed by atoms with E-state index >= 15 is 0 Å². The highest BCUT2D eigenvalue weighted by Gasteiger charge is 2.25. The molecule has 2 aromatic rings. The van der Waals surface area contributed by atoms with E-state index in [4.69, 9.17) is 9.11 Å². The zero-order valence-corrected chi connectivity index (χ0v) is 10.8. The predicted octanol–water partition coefficient (Wildman–Crippen LogP) is 1.04. The fourth-order valence-electron chi connectivity index (χ4n) is 1.78. The molecule has 0 fully saturated rings. The van der Waals surface area contributed by atoms with Gasteiger partial charge in [0.15, 0.2) is 0 Å². The third-order valence-corrected chi connectivity index (χ3v) is 4.30. The molecular weight excluding hydrogens is 296 g/mol. The lowest BCUT2D eigenvalue weighted by Gasteiger charge is -2.09. The minimum atomic E-state index is -4.87. The number of benzene rings is 2. The topological polar surface area (TPSA) is 129 Å². The minimum absolute atomic E-state index is 0.126. The van der Waals surface area contributed by atoms with Gasteiger partial charge < -0.3 is 5.11 Å². The van der Waals surface area contributed by atoms with Gasteiger partial charge >= 0.3 is 0 Å². The Balaban J connectivity index is 3.16. The Morgan fingerprint density at radius 3 is 2.00 bits per heavy atom. The smallest absolute Gasteiger partial charge is 0.298 e. The Kier molecular flexibility index (Phi) is 3.01. The molecule has 0 radical (unpaired) electrons. The summed E-state index contributed by atoms with van der Waals surface area (Å²) in [5, 5.41) is 9.18. The van der Waals surface area contributed by atoms with Crippen LogP contribution in [0.25, 0.3) is 10.8 Å². The molecular formula is C10H8O7S2. The summed E-state index contributed by atoms with van der Waals surface area (Å²) in [5.41, 5.74) is 0. The Bertz CT molecular complexity index is 866. The van der Waals surface area contributed by atoms with Crippen LogP contribution < -0.4 is 0 Å². The van der Waals surface area contributed by atoms with Gasteiger partial charge in [-0.05, 0) is 17.5 Å². The van der Waals surface area contributed by atoms with E-state index < -0.39 is 41.2 Å². The van der Waals surface area contributed by atoms with Crippen molar-refractivity contribution in [2.45, 2.75) is 9.79 Å². The molecule has 0 aliphatic heterocycles. The van der Waals surface area contributed by atoms with E-state index in [0.717, 1.165) is 12.1 Å². The minimum Gasteiger partial charge on any atom is -0.506 e. The molecule has 0 aromatic heterocycles. The van der Waals surface area contributed by atoms with Crippen LogP contribution in [0.15, 0.2) is 40.1 Å². The van der Waals surface area contributed by atoms with Gasteiger partial charge in [-0.1, -0.05) is 18.2 Å². The summed E-state index contributed by atoms with van der Waals surface area (Å²) in [4.78, 5) is -1.67. The van der Waals surface area contributed by atoms with E-state index in [1.807, 2.05) is 0 Å². The number of fused-ring (bicyclic) bond motifs is 1. The molecule has 0 bridgehead atoms. The summed E-state index contributed by atoms with van der Waals surface area (Å²) in [6, 6.07) is 5.88. The molecule has 0 amide bonds. The Morgan fingerprint density at radius 1 is 0.842 bits per heavy atom. The molecule has 9 heteroatoms. The fraction of sp³-hybridized carbons (Fsp3) is 0. The Hall–Kier alpha value is -1.68. The predicted molar refractivity (Wildman–Crippen MR) is 65.2 cm³/mol. The molecule has 3 N–H and O–H groups in total. The van der Waals surface area contributed by atoms with Crippen molar-refractivity contribution in [3.05, 3.63) is 30.3 Å². The van der Waals surface area contributed by atoms with Crippen LogP contribution in [-0.2, 0) is 20.2 Å². The first-order valence-electron chi connectivity index (χ1n) is 4.82. The lowest BCUT2D eigenvalue weighted by Crippen LogP contribution is -2.05. The summed E-state index contributed by atoms with van der Waals surface area (Å²) in [6.45, 7) is 0. The van der Waals surface area contributed by atoms with E-state index in [9.17, 15) is 21.9 Å². The molecule has 0 saturated heterocycles. The second-order valence-corrected chi connectivity index (χ2v) is 6.47. The molecule has 0 saturated carbocycles. The zero-order chi connectivity index (χ0) is 14.4. The maximum atomic E-state index is 11.3. The van der Waals surface area contributed by atoms with Crippen LogP contribution in [0.4, 0.5) is 0 Å². The van der Waals surface area contributed by atoms with Crippen LogP contribution in [0.1, 0.15) is 0 Å². The summed E-state index contributed by atoms with van der Waals surface area (Å²) < 4.78 is 63.2. The van der Waals surface area contributed by atoms with Gasteiger partial charge in [0, 0.05) is 5.39 Å². The molecule has 0 aliphatic rings. The van der Waals surface area contributed by atoms with Crippen molar-refractivity contribution in [3.63, 3.8) is 0 Å². The third-order valence-electron chi connectivity index (χ3n) is 2.47. The molecule has 7 nitrogen and oxygen atoms in total. The van der Waals surface area contributed by atoms with Crippen LogP contribution in [0, 0.1) is 0 Å². The van der Waals surface area contributed by atoms with Crippen molar-refractivity contribution in [2.24, 2.45) is 0 Å². The normalized spacial score (nSPS) is 12.7. The largest absolute Gasteiger partial charge is 0.506 e. The van der Waals surface area contributed by atoms with Crippen molar-refractivity contribution < 1.29 is 31.0 Å². The summed E-state index contributed by atoms with van der Waals surface area (Å²) in [7, 11) is -9.58. The molecule has 102 valence electrons. The molecule has 0 spiro atoms. The molecule has 0 atom stereocenters. The van der Waals surface area contributed by atoms with Crippen LogP contribution in [-0.4, -0.2) is 31.0 Å². The summed E-state index contributed by atoms with van der Waals surface area (Å²) >= 11 is 0. The molecule has 2 aromatic carbocycles. The molecule has 0 unspecified atom stereocenters. The highest BCUT2D eigenvalue weighted by molar-refractivity contribution is 7.87. The number of hydrogen-bond donors (Lipinski definition) is 3. The van der Waals surface area contributed by atoms with Crippen LogP contribution in [0.2, 0.25) is 0 Å². The first-order valence-corrected chi connectivity index (χ1v) is 7.70. The van der Waals surface area contributed by atoms with Gasteiger partial charge in [0.05, 0.1) is 0 Å². The van der Waals surface area contributed by atoms with Crippen molar-refractivity contribution in [3.8, 4) is 5.75 Å². The molecule has 0 aliphatic carbocycles. The number of phenolic OH excluding ortho intramolecular Hbond substituents is 1. The van der Waals surface area contributed by atoms with E-state index in [1.54, 1.807) is 0 Å². The Morgan fingerprint density at radius 2 is 1.47 bits per heavy atom. The zero-order valence-electron chi connectivity index (χ0n) is 9.18. The first kappa shape index (κ1) is 13.7. The van der Waals surface area contributed by atoms with Gasteiger partial charge in [0.1, 0.15) is 15.5 Å². The molecule has 2 rings (SSSR count). The quantitative estimate of drug-likeness (QED) is 0.707. The second kappa shape index (κ2) is 4.17. The van der Waals surface area contributed by atoms with Crippen molar-refractivity contribution in [1.29, 1.82) is 0 Å².